The summed E-state index contributed by atoms with van der Waals surface area (Å²) in [5.74, 6) is 1.27. The molecule has 2 heterocycles. The van der Waals surface area contributed by atoms with Crippen LogP contribution in [0.15, 0.2) is 6.07 Å². The van der Waals surface area contributed by atoms with Crippen molar-refractivity contribution in [2.75, 3.05) is 7.05 Å². The maximum Gasteiger partial charge on any atom is 0.272 e. The maximum absolute atomic E-state index is 12.3. The van der Waals surface area contributed by atoms with Gasteiger partial charge >= 0.3 is 0 Å². The van der Waals surface area contributed by atoms with Crippen LogP contribution in [-0.2, 0) is 13.1 Å². The number of aromatic nitrogens is 5. The van der Waals surface area contributed by atoms with E-state index in [1.165, 1.54) is 0 Å². The third kappa shape index (κ3) is 2.81. The van der Waals surface area contributed by atoms with Crippen molar-refractivity contribution < 1.29 is 4.79 Å². The van der Waals surface area contributed by atoms with Crippen LogP contribution in [0, 0.1) is 13.8 Å². The molecule has 0 aliphatic rings. The van der Waals surface area contributed by atoms with Crippen LogP contribution in [0.3, 0.4) is 0 Å². The predicted molar refractivity (Wildman–Crippen MR) is 69.6 cm³/mol. The van der Waals surface area contributed by atoms with Crippen molar-refractivity contribution in [3.05, 3.63) is 29.1 Å². The molecule has 7 heteroatoms. The van der Waals surface area contributed by atoms with E-state index in [2.05, 4.69) is 20.3 Å². The van der Waals surface area contributed by atoms with Crippen LogP contribution >= 0.6 is 0 Å². The van der Waals surface area contributed by atoms with E-state index in [1.54, 1.807) is 22.7 Å². The van der Waals surface area contributed by atoms with E-state index < -0.39 is 0 Å². The molecule has 2 aromatic rings. The minimum Gasteiger partial charge on any atom is -0.333 e. The highest BCUT2D eigenvalue weighted by atomic mass is 16.2. The third-order valence-corrected chi connectivity index (χ3v) is 2.79. The Morgan fingerprint density at radius 1 is 1.47 bits per heavy atom. The highest BCUT2D eigenvalue weighted by Crippen LogP contribution is 2.08. The van der Waals surface area contributed by atoms with Crippen LogP contribution in [0.25, 0.3) is 0 Å². The number of hydrogen-bond acceptors (Lipinski definition) is 4. The van der Waals surface area contributed by atoms with Gasteiger partial charge in [0, 0.05) is 13.6 Å². The number of H-pyrrole nitrogens is 1. The predicted octanol–water partition coefficient (Wildman–Crippen LogP) is 0.910. The lowest BCUT2D eigenvalue weighted by molar-refractivity contribution is 0.0769. The molecule has 0 aromatic carbocycles. The lowest BCUT2D eigenvalue weighted by Gasteiger charge is -2.15. The Kier molecular flexibility index (Phi) is 3.64. The van der Waals surface area contributed by atoms with Crippen molar-refractivity contribution in [3.63, 3.8) is 0 Å². The van der Waals surface area contributed by atoms with Gasteiger partial charge in [0.1, 0.15) is 11.5 Å². The third-order valence-electron chi connectivity index (χ3n) is 2.79. The van der Waals surface area contributed by atoms with Gasteiger partial charge in [0.05, 0.1) is 12.2 Å². The average molecular weight is 262 g/mol. The van der Waals surface area contributed by atoms with Crippen LogP contribution in [0.1, 0.15) is 34.8 Å². The number of hydrogen-bond donors (Lipinski definition) is 1. The summed E-state index contributed by atoms with van der Waals surface area (Å²) in [5.41, 5.74) is 1.43. The Hall–Kier alpha value is -2.18. The van der Waals surface area contributed by atoms with Crippen molar-refractivity contribution in [2.24, 2.45) is 0 Å². The number of carbonyl (C=O) groups is 1. The largest absolute Gasteiger partial charge is 0.333 e. The summed E-state index contributed by atoms with van der Waals surface area (Å²) in [6.45, 7) is 6.71. The zero-order valence-electron chi connectivity index (χ0n) is 11.6. The molecule has 0 saturated heterocycles. The van der Waals surface area contributed by atoms with Crippen molar-refractivity contribution in [1.29, 1.82) is 0 Å². The number of aromatic amines is 1. The van der Waals surface area contributed by atoms with E-state index in [0.29, 0.717) is 24.6 Å². The van der Waals surface area contributed by atoms with Gasteiger partial charge < -0.3 is 4.90 Å². The van der Waals surface area contributed by atoms with Gasteiger partial charge in [0.15, 0.2) is 5.82 Å². The molecule has 2 rings (SSSR count). The quantitative estimate of drug-likeness (QED) is 0.888. The zero-order chi connectivity index (χ0) is 14.0. The van der Waals surface area contributed by atoms with Gasteiger partial charge in [0.25, 0.3) is 5.91 Å². The summed E-state index contributed by atoms with van der Waals surface area (Å²) in [6.07, 6.45) is 0. The van der Waals surface area contributed by atoms with E-state index in [-0.39, 0.29) is 5.91 Å². The zero-order valence-corrected chi connectivity index (χ0v) is 11.6. The van der Waals surface area contributed by atoms with Crippen LogP contribution in [0.5, 0.6) is 0 Å². The van der Waals surface area contributed by atoms with E-state index in [4.69, 9.17) is 0 Å². The summed E-state index contributed by atoms with van der Waals surface area (Å²) >= 11 is 0. The van der Waals surface area contributed by atoms with E-state index in [0.717, 1.165) is 11.5 Å². The fraction of sp³-hybridized carbons (Fsp3) is 0.500. The molecule has 2 aromatic heterocycles. The number of aryl methyl sites for hydroxylation is 3. The SMILES string of the molecule is CCn1nc(C)cc1C(=O)N(C)Cc1n[nH]c(C)n1. The molecule has 0 unspecified atom stereocenters. The fourth-order valence-electron chi connectivity index (χ4n) is 1.90. The summed E-state index contributed by atoms with van der Waals surface area (Å²) < 4.78 is 1.71. The molecule has 0 atom stereocenters. The second-order valence-electron chi connectivity index (χ2n) is 4.48. The first-order chi connectivity index (χ1) is 9.01. The van der Waals surface area contributed by atoms with Crippen molar-refractivity contribution in [2.45, 2.75) is 33.9 Å². The molecule has 102 valence electrons. The minimum absolute atomic E-state index is 0.0788. The molecule has 1 N–H and O–H groups in total. The highest BCUT2D eigenvalue weighted by molar-refractivity contribution is 5.92. The van der Waals surface area contributed by atoms with Gasteiger partial charge in [-0.1, -0.05) is 0 Å². The second kappa shape index (κ2) is 5.21. The second-order valence-corrected chi connectivity index (χ2v) is 4.48. The lowest BCUT2D eigenvalue weighted by atomic mass is 10.3. The lowest BCUT2D eigenvalue weighted by Crippen LogP contribution is -2.28. The molecule has 0 aliphatic carbocycles. The van der Waals surface area contributed by atoms with Crippen LogP contribution in [0.4, 0.5) is 0 Å². The van der Waals surface area contributed by atoms with Crippen molar-refractivity contribution in [1.82, 2.24) is 29.9 Å². The monoisotopic (exact) mass is 262 g/mol. The standard InChI is InChI=1S/C12H18N6O/c1-5-18-10(6-8(2)16-18)12(19)17(4)7-11-13-9(3)14-15-11/h6H,5,7H2,1-4H3,(H,13,14,15). The number of rotatable bonds is 4. The van der Waals surface area contributed by atoms with Crippen LogP contribution < -0.4 is 0 Å². The number of amides is 1. The van der Waals surface area contributed by atoms with Crippen LogP contribution in [-0.4, -0.2) is 42.8 Å². The van der Waals surface area contributed by atoms with E-state index in [9.17, 15) is 4.79 Å². The van der Waals surface area contributed by atoms with Crippen molar-refractivity contribution >= 4 is 5.91 Å². The van der Waals surface area contributed by atoms with E-state index in [1.807, 2.05) is 20.8 Å². The molecule has 19 heavy (non-hydrogen) atoms. The fourth-order valence-corrected chi connectivity index (χ4v) is 1.90. The highest BCUT2D eigenvalue weighted by Gasteiger charge is 2.18. The molecule has 0 spiro atoms. The van der Waals surface area contributed by atoms with Gasteiger partial charge in [-0.25, -0.2) is 4.98 Å². The number of nitrogens with one attached hydrogen (secondary N) is 1. The first-order valence-electron chi connectivity index (χ1n) is 6.19. The molecular formula is C12H18N6O. The molecule has 0 fully saturated rings. The van der Waals surface area contributed by atoms with Gasteiger partial charge in [-0.2, -0.15) is 10.2 Å². The number of nitrogens with zero attached hydrogens (tertiary/aromatic N) is 5. The summed E-state index contributed by atoms with van der Waals surface area (Å²) in [7, 11) is 1.73. The van der Waals surface area contributed by atoms with Gasteiger partial charge in [0.2, 0.25) is 0 Å². The molecule has 0 bridgehead atoms. The Balaban J connectivity index is 2.14. The molecule has 0 radical (unpaired) electrons. The minimum atomic E-state index is -0.0788. The van der Waals surface area contributed by atoms with Gasteiger partial charge in [-0.05, 0) is 26.8 Å². The van der Waals surface area contributed by atoms with Gasteiger partial charge in [-0.3, -0.25) is 14.6 Å². The smallest absolute Gasteiger partial charge is 0.272 e. The topological polar surface area (TPSA) is 79.7 Å². The molecular weight excluding hydrogens is 244 g/mol. The van der Waals surface area contributed by atoms with Crippen molar-refractivity contribution in [3.8, 4) is 0 Å². The van der Waals surface area contributed by atoms with Gasteiger partial charge in [-0.15, -0.1) is 0 Å². The average Bonchev–Trinajstić information content (AvgIpc) is 2.94. The summed E-state index contributed by atoms with van der Waals surface area (Å²) in [5, 5.41) is 11.1. The Bertz CT molecular complexity index is 585. The maximum atomic E-state index is 12.3. The normalized spacial score (nSPS) is 10.7. The summed E-state index contributed by atoms with van der Waals surface area (Å²) in [6, 6.07) is 1.80. The Labute approximate surface area is 111 Å². The molecule has 1 amide bonds. The molecule has 0 aliphatic heterocycles. The Morgan fingerprint density at radius 3 is 2.79 bits per heavy atom. The molecule has 0 saturated carbocycles. The molecule has 7 nitrogen and oxygen atoms in total. The Morgan fingerprint density at radius 2 is 2.21 bits per heavy atom. The van der Waals surface area contributed by atoms with Crippen LogP contribution in [0.2, 0.25) is 0 Å². The summed E-state index contributed by atoms with van der Waals surface area (Å²) in [4.78, 5) is 18.1. The van der Waals surface area contributed by atoms with E-state index >= 15 is 0 Å². The first kappa shape index (κ1) is 13.3. The first-order valence-corrected chi connectivity index (χ1v) is 6.19. The number of carbonyl (C=O) groups excluding carboxylic acids is 1.